The maximum Gasteiger partial charge on any atom is 0.340 e. The van der Waals surface area contributed by atoms with E-state index in [-0.39, 0.29) is 17.0 Å². The molecule has 0 saturated carbocycles. The zero-order valence-corrected chi connectivity index (χ0v) is 18.8. The Morgan fingerprint density at radius 3 is 2.45 bits per heavy atom. The van der Waals surface area contributed by atoms with Gasteiger partial charge in [0, 0.05) is 30.7 Å². The molecule has 3 aromatic rings. The van der Waals surface area contributed by atoms with Gasteiger partial charge in [-0.3, -0.25) is 4.79 Å². The van der Waals surface area contributed by atoms with E-state index < -0.39 is 21.6 Å². The number of ether oxygens (including phenoxy) is 1. The molecule has 164 valence electrons. The summed E-state index contributed by atoms with van der Waals surface area (Å²) in [4.78, 5) is 29.6. The first-order valence-electron chi connectivity index (χ1n) is 9.91. The maximum absolute atomic E-state index is 12.9. The summed E-state index contributed by atoms with van der Waals surface area (Å²) in [7, 11) is -2.46. The molecule has 0 spiro atoms. The summed E-state index contributed by atoms with van der Waals surface area (Å²) in [5.74, 6) is -0.564. The van der Waals surface area contributed by atoms with Crippen molar-refractivity contribution in [3.05, 3.63) is 69.8 Å². The first kappa shape index (κ1) is 22.6. The Morgan fingerprint density at radius 1 is 1.13 bits per heavy atom. The molecule has 0 saturated heterocycles. The second-order valence-corrected chi connectivity index (χ2v) is 8.93. The van der Waals surface area contributed by atoms with Crippen LogP contribution in [-0.4, -0.2) is 48.4 Å². The van der Waals surface area contributed by atoms with E-state index in [1.807, 2.05) is 24.3 Å². The van der Waals surface area contributed by atoms with Crippen molar-refractivity contribution in [3.63, 3.8) is 0 Å². The minimum atomic E-state index is -3.75. The van der Waals surface area contributed by atoms with E-state index in [0.717, 1.165) is 5.39 Å². The SMILES string of the molecule is CCN(CC)S(=O)(=O)c1ccc(=O)n(Cc2nc3ccccc3c(C)c2C(=O)OC)c1. The van der Waals surface area contributed by atoms with Gasteiger partial charge in [-0.15, -0.1) is 0 Å². The van der Waals surface area contributed by atoms with Crippen LogP contribution in [-0.2, 0) is 21.3 Å². The van der Waals surface area contributed by atoms with Gasteiger partial charge in [-0.1, -0.05) is 32.0 Å². The lowest BCUT2D eigenvalue weighted by atomic mass is 10.0. The average molecular weight is 444 g/mol. The van der Waals surface area contributed by atoms with E-state index in [1.54, 1.807) is 20.8 Å². The fraction of sp³-hybridized carbons (Fsp3) is 0.318. The number of carbonyl (C=O) groups excluding carboxylic acids is 1. The molecule has 2 heterocycles. The lowest BCUT2D eigenvalue weighted by molar-refractivity contribution is 0.0598. The third-order valence-electron chi connectivity index (χ3n) is 5.24. The van der Waals surface area contributed by atoms with E-state index in [2.05, 4.69) is 4.98 Å². The Kier molecular flexibility index (Phi) is 6.56. The van der Waals surface area contributed by atoms with Crippen molar-refractivity contribution in [3.8, 4) is 0 Å². The summed E-state index contributed by atoms with van der Waals surface area (Å²) >= 11 is 0. The monoisotopic (exact) mass is 443 g/mol. The van der Waals surface area contributed by atoms with Crippen molar-refractivity contribution in [1.82, 2.24) is 13.9 Å². The van der Waals surface area contributed by atoms with Crippen molar-refractivity contribution in [1.29, 1.82) is 0 Å². The van der Waals surface area contributed by atoms with Gasteiger partial charge in [0.2, 0.25) is 10.0 Å². The van der Waals surface area contributed by atoms with Gasteiger partial charge in [0.05, 0.1) is 35.3 Å². The lowest BCUT2D eigenvalue weighted by Gasteiger charge is -2.19. The average Bonchev–Trinajstić information content (AvgIpc) is 2.75. The fourth-order valence-corrected chi connectivity index (χ4v) is 5.07. The highest BCUT2D eigenvalue weighted by atomic mass is 32.2. The number of aryl methyl sites for hydroxylation is 1. The number of rotatable bonds is 7. The summed E-state index contributed by atoms with van der Waals surface area (Å²) in [6, 6.07) is 9.87. The predicted octanol–water partition coefficient (Wildman–Crippen LogP) is 2.57. The standard InChI is InChI=1S/C22H25N3O5S/c1-5-25(6-2)31(28,29)16-11-12-20(26)24(13-16)14-19-21(22(27)30-4)15(3)17-9-7-8-10-18(17)23-19/h7-13H,5-6,14H2,1-4H3. The van der Waals surface area contributed by atoms with Gasteiger partial charge >= 0.3 is 5.97 Å². The Hall–Kier alpha value is -3.04. The third-order valence-corrected chi connectivity index (χ3v) is 7.27. The van der Waals surface area contributed by atoms with Crippen molar-refractivity contribution in [2.24, 2.45) is 0 Å². The number of pyridine rings is 2. The number of aromatic nitrogens is 2. The zero-order chi connectivity index (χ0) is 22.8. The number of fused-ring (bicyclic) bond motifs is 1. The fourth-order valence-electron chi connectivity index (χ4n) is 3.59. The smallest absolute Gasteiger partial charge is 0.340 e. The van der Waals surface area contributed by atoms with E-state index in [1.165, 1.54) is 34.3 Å². The highest BCUT2D eigenvalue weighted by Crippen LogP contribution is 2.24. The quantitative estimate of drug-likeness (QED) is 0.521. The highest BCUT2D eigenvalue weighted by Gasteiger charge is 2.24. The maximum atomic E-state index is 12.9. The molecular weight excluding hydrogens is 418 g/mol. The molecule has 0 bridgehead atoms. The van der Waals surface area contributed by atoms with Crippen LogP contribution in [0.4, 0.5) is 0 Å². The van der Waals surface area contributed by atoms with E-state index in [0.29, 0.717) is 29.9 Å². The van der Waals surface area contributed by atoms with Gasteiger partial charge in [-0.2, -0.15) is 4.31 Å². The normalized spacial score (nSPS) is 11.8. The van der Waals surface area contributed by atoms with Crippen LogP contribution < -0.4 is 5.56 Å². The molecule has 0 aliphatic rings. The summed E-state index contributed by atoms with van der Waals surface area (Å²) < 4.78 is 33.3. The number of carbonyl (C=O) groups is 1. The van der Waals surface area contributed by atoms with Crippen LogP contribution in [0.1, 0.15) is 35.5 Å². The molecule has 31 heavy (non-hydrogen) atoms. The van der Waals surface area contributed by atoms with Crippen LogP contribution in [0, 0.1) is 6.92 Å². The van der Waals surface area contributed by atoms with Gasteiger partial charge in [0.25, 0.3) is 5.56 Å². The van der Waals surface area contributed by atoms with Gasteiger partial charge in [0.1, 0.15) is 0 Å². The number of sulfonamides is 1. The van der Waals surface area contributed by atoms with Crippen molar-refractivity contribution < 1.29 is 17.9 Å². The van der Waals surface area contributed by atoms with Crippen LogP contribution >= 0.6 is 0 Å². The molecule has 0 amide bonds. The molecule has 0 N–H and O–H groups in total. The third kappa shape index (κ3) is 4.24. The summed E-state index contributed by atoms with van der Waals surface area (Å²) in [6.45, 7) is 5.86. The molecule has 1 aromatic carbocycles. The number of benzene rings is 1. The van der Waals surface area contributed by atoms with Gasteiger partial charge in [-0.25, -0.2) is 18.2 Å². The molecule has 9 heteroatoms. The summed E-state index contributed by atoms with van der Waals surface area (Å²) in [5, 5.41) is 0.803. The number of methoxy groups -OCH3 is 1. The minimum Gasteiger partial charge on any atom is -0.465 e. The predicted molar refractivity (Wildman–Crippen MR) is 118 cm³/mol. The van der Waals surface area contributed by atoms with E-state index >= 15 is 0 Å². The zero-order valence-electron chi connectivity index (χ0n) is 18.0. The van der Waals surface area contributed by atoms with Crippen molar-refractivity contribution in [2.45, 2.75) is 32.2 Å². The Balaban J connectivity index is 2.17. The van der Waals surface area contributed by atoms with Gasteiger partial charge in [-0.05, 0) is 24.6 Å². The number of hydrogen-bond acceptors (Lipinski definition) is 6. The number of nitrogens with zero attached hydrogens (tertiary/aromatic N) is 3. The second kappa shape index (κ2) is 8.99. The Bertz CT molecular complexity index is 1290. The number of hydrogen-bond donors (Lipinski definition) is 0. The van der Waals surface area contributed by atoms with Crippen LogP contribution in [0.3, 0.4) is 0 Å². The van der Waals surface area contributed by atoms with Gasteiger partial charge < -0.3 is 9.30 Å². The Morgan fingerprint density at radius 2 is 1.81 bits per heavy atom. The van der Waals surface area contributed by atoms with E-state index in [9.17, 15) is 18.0 Å². The van der Waals surface area contributed by atoms with E-state index in [4.69, 9.17) is 4.74 Å². The molecule has 0 aliphatic carbocycles. The first-order chi connectivity index (χ1) is 14.7. The first-order valence-corrected chi connectivity index (χ1v) is 11.4. The Labute approximate surface area is 181 Å². The topological polar surface area (TPSA) is 98.6 Å². The molecule has 0 atom stereocenters. The van der Waals surface area contributed by atoms with Gasteiger partial charge in [0.15, 0.2) is 0 Å². The van der Waals surface area contributed by atoms with Crippen molar-refractivity contribution in [2.75, 3.05) is 20.2 Å². The largest absolute Gasteiger partial charge is 0.465 e. The van der Waals surface area contributed by atoms with Crippen LogP contribution in [0.5, 0.6) is 0 Å². The minimum absolute atomic E-state index is 0.00734. The van der Waals surface area contributed by atoms with Crippen LogP contribution in [0.15, 0.2) is 52.3 Å². The number of para-hydroxylation sites is 1. The lowest BCUT2D eigenvalue weighted by Crippen LogP contribution is -2.32. The molecule has 0 fully saturated rings. The molecule has 2 aromatic heterocycles. The van der Waals surface area contributed by atoms with Crippen LogP contribution in [0.2, 0.25) is 0 Å². The number of esters is 1. The molecule has 8 nitrogen and oxygen atoms in total. The second-order valence-electron chi connectivity index (χ2n) is 6.99. The molecule has 0 radical (unpaired) electrons. The van der Waals surface area contributed by atoms with Crippen LogP contribution in [0.25, 0.3) is 10.9 Å². The summed E-state index contributed by atoms with van der Waals surface area (Å²) in [6.07, 6.45) is 1.29. The molecule has 0 unspecified atom stereocenters. The molecular formula is C22H25N3O5S. The molecule has 3 rings (SSSR count). The van der Waals surface area contributed by atoms with Crippen molar-refractivity contribution >= 4 is 26.9 Å². The molecule has 0 aliphatic heterocycles. The summed E-state index contributed by atoms with van der Waals surface area (Å²) in [5.41, 5.74) is 1.56. The highest BCUT2D eigenvalue weighted by molar-refractivity contribution is 7.89.